The van der Waals surface area contributed by atoms with E-state index in [9.17, 15) is 14.9 Å². The van der Waals surface area contributed by atoms with Crippen LogP contribution in [0.2, 0.25) is 0 Å². The Kier molecular flexibility index (Phi) is 6.80. The molecule has 1 aromatic heterocycles. The maximum atomic E-state index is 14.3. The van der Waals surface area contributed by atoms with Gasteiger partial charge in [0.1, 0.15) is 5.92 Å². The Balaban J connectivity index is 0.00000151. The number of Topliss-reactive ketones (excluding diaryl/α,β-unsaturated/α-hetero) is 1. The maximum Gasteiger partial charge on any atom is 0.233 e. The number of fused-ring (bicyclic) bond motifs is 7. The molecule has 4 fully saturated rings. The summed E-state index contributed by atoms with van der Waals surface area (Å²) >= 11 is 0. The molecule has 6 heteroatoms. The fraction of sp³-hybridized carbons (Fsp3) is 0.788. The van der Waals surface area contributed by atoms with Gasteiger partial charge >= 0.3 is 0 Å². The Labute approximate surface area is 234 Å². The lowest BCUT2D eigenvalue weighted by Crippen LogP contribution is -2.61. The van der Waals surface area contributed by atoms with E-state index in [4.69, 9.17) is 9.51 Å². The highest BCUT2D eigenvalue weighted by Gasteiger charge is 2.66. The zero-order valence-electron chi connectivity index (χ0n) is 25.3. The molecule has 9 unspecified atom stereocenters. The van der Waals surface area contributed by atoms with Gasteiger partial charge in [-0.05, 0) is 98.4 Å². The third-order valence-corrected chi connectivity index (χ3v) is 12.1. The summed E-state index contributed by atoms with van der Waals surface area (Å²) in [5.41, 5.74) is 0.791. The van der Waals surface area contributed by atoms with E-state index in [-0.39, 0.29) is 62.8 Å². The van der Waals surface area contributed by atoms with E-state index < -0.39 is 5.92 Å². The summed E-state index contributed by atoms with van der Waals surface area (Å²) < 4.78 is 5.86. The summed E-state index contributed by atoms with van der Waals surface area (Å²) in [6.45, 7) is 17.2. The second kappa shape index (κ2) is 9.38. The van der Waals surface area contributed by atoms with Crippen LogP contribution in [0, 0.1) is 70.0 Å². The van der Waals surface area contributed by atoms with Crippen molar-refractivity contribution in [3.63, 3.8) is 0 Å². The number of allylic oxidation sites excluding steroid dienone is 2. The molecule has 212 valence electrons. The number of rotatable bonds is 1. The lowest BCUT2D eigenvalue weighted by Gasteiger charge is -2.64. The monoisotopic (exact) mass is 533 g/mol. The predicted molar refractivity (Wildman–Crippen MR) is 149 cm³/mol. The van der Waals surface area contributed by atoms with Crippen molar-refractivity contribution in [3.05, 3.63) is 23.4 Å². The lowest BCUT2D eigenvalue weighted by atomic mass is 9.38. The van der Waals surface area contributed by atoms with Gasteiger partial charge < -0.3 is 4.52 Å². The second-order valence-corrected chi connectivity index (χ2v) is 14.5. The molecule has 0 saturated heterocycles. The first-order valence-corrected chi connectivity index (χ1v) is 15.4. The van der Waals surface area contributed by atoms with Crippen molar-refractivity contribution in [1.82, 2.24) is 10.1 Å². The number of carbonyl (C=O) groups excluding carboxylic acids is 2. The Hall–Kier alpha value is -2.29. The average molecular weight is 534 g/mol. The van der Waals surface area contributed by atoms with Gasteiger partial charge in [0, 0.05) is 11.8 Å². The molecule has 6 nitrogen and oxygen atoms in total. The molecule has 5 aliphatic rings. The van der Waals surface area contributed by atoms with Crippen LogP contribution < -0.4 is 0 Å². The molecule has 1 aromatic rings. The standard InChI is InChI=1S/C31H41N3O3.C2H6/c1-17-20-7-9-29(5)21-8-10-31(27-33-18(2)34-37-27)12-11-28(3,4)15-22(31)25(21)23(35)13-24(29)30(20,6)14-19(16-32)26(17)36;1-2/h13,17,19-22,25H,7-12,14-15H2,1-6H3;1-2H3. The van der Waals surface area contributed by atoms with Crippen molar-refractivity contribution in [2.75, 3.05) is 0 Å². The molecule has 0 radical (unpaired) electrons. The van der Waals surface area contributed by atoms with Gasteiger partial charge in [0.2, 0.25) is 5.89 Å². The summed E-state index contributed by atoms with van der Waals surface area (Å²) in [7, 11) is 0. The van der Waals surface area contributed by atoms with E-state index >= 15 is 0 Å². The number of hydrogen-bond donors (Lipinski definition) is 0. The quantitative estimate of drug-likeness (QED) is 0.379. The number of hydrogen-bond acceptors (Lipinski definition) is 6. The van der Waals surface area contributed by atoms with Crippen LogP contribution in [0.1, 0.15) is 112 Å². The summed E-state index contributed by atoms with van der Waals surface area (Å²) in [5.74, 6) is 1.63. The van der Waals surface area contributed by atoms with E-state index in [1.165, 1.54) is 5.57 Å². The van der Waals surface area contributed by atoms with E-state index in [0.717, 1.165) is 50.8 Å². The minimum absolute atomic E-state index is 0.0520. The van der Waals surface area contributed by atoms with Crippen LogP contribution in [0.4, 0.5) is 0 Å². The highest BCUT2D eigenvalue weighted by atomic mass is 16.5. The highest BCUT2D eigenvalue weighted by Crippen LogP contribution is 2.70. The third kappa shape index (κ3) is 3.92. The molecule has 9 atom stereocenters. The van der Waals surface area contributed by atoms with Gasteiger partial charge in [-0.3, -0.25) is 9.59 Å². The SMILES string of the molecule is CC.Cc1noc(C23CCC4C(C(=O)C=C5C6(C)CC(C#N)C(=O)C(C)C6CCC54C)C2CC(C)(C)CC3)n1. The molecule has 4 saturated carbocycles. The molecule has 0 N–H and O–H groups in total. The Morgan fingerprint density at radius 3 is 2.28 bits per heavy atom. The lowest BCUT2D eigenvalue weighted by molar-refractivity contribution is -0.145. The number of aryl methyl sites for hydroxylation is 1. The van der Waals surface area contributed by atoms with E-state index in [2.05, 4.69) is 38.9 Å². The number of nitrogens with zero attached hydrogens (tertiary/aromatic N) is 3. The van der Waals surface area contributed by atoms with Crippen molar-refractivity contribution in [3.8, 4) is 6.07 Å². The molecule has 0 bridgehead atoms. The highest BCUT2D eigenvalue weighted by molar-refractivity contribution is 5.95. The largest absolute Gasteiger partial charge is 0.339 e. The maximum absolute atomic E-state index is 14.3. The molecule has 0 aromatic carbocycles. The fourth-order valence-electron chi connectivity index (χ4n) is 10.2. The van der Waals surface area contributed by atoms with E-state index in [1.807, 2.05) is 33.8 Å². The van der Waals surface area contributed by atoms with Crippen LogP contribution in [0.15, 0.2) is 16.2 Å². The second-order valence-electron chi connectivity index (χ2n) is 14.5. The first-order valence-electron chi connectivity index (χ1n) is 15.4. The zero-order valence-corrected chi connectivity index (χ0v) is 25.3. The van der Waals surface area contributed by atoms with Crippen molar-refractivity contribution in [1.29, 1.82) is 5.26 Å². The molecule has 0 aliphatic heterocycles. The number of nitriles is 1. The first kappa shape index (κ1) is 28.2. The minimum atomic E-state index is -0.578. The smallest absolute Gasteiger partial charge is 0.233 e. The summed E-state index contributed by atoms with van der Waals surface area (Å²) in [6, 6.07) is 2.30. The molecule has 6 rings (SSSR count). The summed E-state index contributed by atoms with van der Waals surface area (Å²) in [5, 5.41) is 14.0. The molecule has 39 heavy (non-hydrogen) atoms. The molecule has 1 heterocycles. The first-order chi connectivity index (χ1) is 18.4. The van der Waals surface area contributed by atoms with Crippen molar-refractivity contribution in [2.24, 2.45) is 51.8 Å². The van der Waals surface area contributed by atoms with Crippen molar-refractivity contribution >= 4 is 11.6 Å². The molecule has 0 amide bonds. The van der Waals surface area contributed by atoms with Gasteiger partial charge in [0.25, 0.3) is 0 Å². The summed E-state index contributed by atoms with van der Waals surface area (Å²) in [4.78, 5) is 32.0. The van der Waals surface area contributed by atoms with Gasteiger partial charge in [-0.25, -0.2) is 0 Å². The Morgan fingerprint density at radius 2 is 1.64 bits per heavy atom. The summed E-state index contributed by atoms with van der Waals surface area (Å²) in [6.07, 6.45) is 9.55. The zero-order chi connectivity index (χ0) is 28.5. The normalized spacial score (nSPS) is 44.3. The number of aromatic nitrogens is 2. The topological polar surface area (TPSA) is 96.9 Å². The van der Waals surface area contributed by atoms with Crippen LogP contribution in [-0.2, 0) is 15.0 Å². The number of ketones is 2. The van der Waals surface area contributed by atoms with Crippen LogP contribution in [0.25, 0.3) is 0 Å². The molecule has 0 spiro atoms. The van der Waals surface area contributed by atoms with E-state index in [1.54, 1.807) is 0 Å². The van der Waals surface area contributed by atoms with Gasteiger partial charge in [0.15, 0.2) is 17.4 Å². The molecular weight excluding hydrogens is 486 g/mol. The predicted octanol–water partition coefficient (Wildman–Crippen LogP) is 7.17. The van der Waals surface area contributed by atoms with Crippen LogP contribution in [0.3, 0.4) is 0 Å². The Morgan fingerprint density at radius 1 is 0.949 bits per heavy atom. The van der Waals surface area contributed by atoms with Gasteiger partial charge in [-0.2, -0.15) is 10.2 Å². The van der Waals surface area contributed by atoms with Crippen molar-refractivity contribution in [2.45, 2.75) is 112 Å². The van der Waals surface area contributed by atoms with Crippen LogP contribution in [0.5, 0.6) is 0 Å². The number of carbonyl (C=O) groups is 2. The Bertz CT molecular complexity index is 1240. The van der Waals surface area contributed by atoms with Gasteiger partial charge in [-0.15, -0.1) is 0 Å². The fourth-order valence-corrected chi connectivity index (χ4v) is 10.2. The van der Waals surface area contributed by atoms with Crippen LogP contribution in [-0.4, -0.2) is 21.7 Å². The molecular formula is C33H47N3O3. The average Bonchev–Trinajstić information content (AvgIpc) is 3.35. The molecule has 5 aliphatic carbocycles. The third-order valence-electron chi connectivity index (χ3n) is 12.1. The van der Waals surface area contributed by atoms with Gasteiger partial charge in [-0.1, -0.05) is 59.2 Å². The van der Waals surface area contributed by atoms with E-state index in [0.29, 0.717) is 12.2 Å². The minimum Gasteiger partial charge on any atom is -0.339 e. The van der Waals surface area contributed by atoms with Gasteiger partial charge in [0.05, 0.1) is 11.5 Å². The van der Waals surface area contributed by atoms with Crippen molar-refractivity contribution < 1.29 is 14.1 Å². The van der Waals surface area contributed by atoms with Crippen LogP contribution >= 0.6 is 0 Å².